The monoisotopic (exact) mass is 491 g/mol. The Labute approximate surface area is 211 Å². The summed E-state index contributed by atoms with van der Waals surface area (Å²) in [7, 11) is 1.67. The number of nitrogens with zero attached hydrogens (tertiary/aromatic N) is 3. The first-order valence-corrected chi connectivity index (χ1v) is 13.5. The Kier molecular flexibility index (Phi) is 7.57. The van der Waals surface area contributed by atoms with Crippen molar-refractivity contribution in [3.63, 3.8) is 0 Å². The minimum absolute atomic E-state index is 0.0119. The third-order valence-corrected chi connectivity index (χ3v) is 7.85. The molecule has 2 aliphatic rings. The van der Waals surface area contributed by atoms with Gasteiger partial charge in [-0.1, -0.05) is 43.2 Å². The quantitative estimate of drug-likeness (QED) is 0.378. The highest BCUT2D eigenvalue weighted by Crippen LogP contribution is 2.33. The van der Waals surface area contributed by atoms with Crippen LogP contribution in [0.2, 0.25) is 0 Å². The normalized spacial score (nSPS) is 15.6. The molecule has 7 nitrogen and oxygen atoms in total. The van der Waals surface area contributed by atoms with E-state index in [1.54, 1.807) is 7.11 Å². The van der Waals surface area contributed by atoms with Crippen molar-refractivity contribution in [1.82, 2.24) is 14.8 Å². The lowest BCUT2D eigenvalue weighted by Crippen LogP contribution is -2.19. The van der Waals surface area contributed by atoms with Crippen molar-refractivity contribution < 1.29 is 9.53 Å². The van der Waals surface area contributed by atoms with Gasteiger partial charge in [-0.25, -0.2) is 0 Å². The maximum atomic E-state index is 12.7. The molecule has 0 spiro atoms. The fraction of sp³-hybridized carbons (Fsp3) is 0.444. The smallest absolute Gasteiger partial charge is 0.234 e. The van der Waals surface area contributed by atoms with Gasteiger partial charge in [-0.2, -0.15) is 0 Å². The molecule has 1 heterocycles. The zero-order valence-electron chi connectivity index (χ0n) is 20.3. The van der Waals surface area contributed by atoms with Gasteiger partial charge in [0.15, 0.2) is 11.0 Å². The Balaban J connectivity index is 1.26. The second-order valence-corrected chi connectivity index (χ2v) is 10.3. The van der Waals surface area contributed by atoms with Crippen LogP contribution < -0.4 is 15.4 Å². The van der Waals surface area contributed by atoms with Gasteiger partial charge < -0.3 is 19.9 Å². The van der Waals surface area contributed by atoms with Gasteiger partial charge in [0.25, 0.3) is 0 Å². The van der Waals surface area contributed by atoms with Crippen LogP contribution in [0.15, 0.2) is 47.6 Å². The lowest BCUT2D eigenvalue weighted by Gasteiger charge is -2.25. The standard InChI is InChI=1S/C27H33N5O2S/c1-34-24-12-6-9-21(16-24)28-17-25-30-31-27(32(25)23-10-3-2-4-11-23)35-18-26(33)29-22-14-13-19-7-5-8-20(19)15-22/h6,9,12-16,23,28H,2-5,7-8,10-11,17-18H2,1H3,(H,29,33). The average Bonchev–Trinajstić information content (AvgIpc) is 3.53. The van der Waals surface area contributed by atoms with E-state index in [0.29, 0.717) is 18.3 Å². The number of anilines is 2. The Morgan fingerprint density at radius 3 is 2.74 bits per heavy atom. The third-order valence-electron chi connectivity index (χ3n) is 6.91. The van der Waals surface area contributed by atoms with Crippen molar-refractivity contribution >= 4 is 29.0 Å². The molecular formula is C27H33N5O2S. The first-order chi connectivity index (χ1) is 17.2. The van der Waals surface area contributed by atoms with Crippen LogP contribution in [0.4, 0.5) is 11.4 Å². The Morgan fingerprint density at radius 2 is 1.89 bits per heavy atom. The van der Waals surface area contributed by atoms with E-state index in [1.165, 1.54) is 48.6 Å². The van der Waals surface area contributed by atoms with Crippen LogP contribution in [-0.4, -0.2) is 33.5 Å². The van der Waals surface area contributed by atoms with E-state index in [-0.39, 0.29) is 5.91 Å². The summed E-state index contributed by atoms with van der Waals surface area (Å²) in [6.07, 6.45) is 9.41. The van der Waals surface area contributed by atoms with Gasteiger partial charge in [-0.15, -0.1) is 10.2 Å². The van der Waals surface area contributed by atoms with Crippen LogP contribution in [0, 0.1) is 0 Å². The fourth-order valence-corrected chi connectivity index (χ4v) is 5.95. The van der Waals surface area contributed by atoms with Gasteiger partial charge in [0.05, 0.1) is 19.4 Å². The molecule has 2 aromatic carbocycles. The largest absolute Gasteiger partial charge is 0.497 e. The van der Waals surface area contributed by atoms with Crippen LogP contribution >= 0.6 is 11.8 Å². The average molecular weight is 492 g/mol. The number of ether oxygens (including phenoxy) is 1. The zero-order chi connectivity index (χ0) is 24.0. The third kappa shape index (κ3) is 5.81. The number of nitrogens with one attached hydrogen (secondary N) is 2. The topological polar surface area (TPSA) is 81.1 Å². The molecule has 2 N–H and O–H groups in total. The molecule has 184 valence electrons. The highest BCUT2D eigenvalue weighted by molar-refractivity contribution is 7.99. The lowest BCUT2D eigenvalue weighted by atomic mass is 9.95. The highest BCUT2D eigenvalue weighted by atomic mass is 32.2. The number of methoxy groups -OCH3 is 1. The van der Waals surface area contributed by atoms with E-state index in [9.17, 15) is 4.79 Å². The molecule has 0 saturated heterocycles. The molecule has 2 aliphatic carbocycles. The van der Waals surface area contributed by atoms with E-state index in [0.717, 1.165) is 53.8 Å². The Morgan fingerprint density at radius 1 is 1.03 bits per heavy atom. The summed E-state index contributed by atoms with van der Waals surface area (Å²) in [5.74, 6) is 2.02. The number of hydrogen-bond acceptors (Lipinski definition) is 6. The van der Waals surface area contributed by atoms with Crippen LogP contribution in [0.5, 0.6) is 5.75 Å². The molecule has 35 heavy (non-hydrogen) atoms. The van der Waals surface area contributed by atoms with Gasteiger partial charge in [0, 0.05) is 23.5 Å². The van der Waals surface area contributed by atoms with Crippen LogP contribution in [-0.2, 0) is 24.2 Å². The summed E-state index contributed by atoms with van der Waals surface area (Å²) < 4.78 is 7.60. The number of amides is 1. The molecule has 0 atom stereocenters. The fourth-order valence-electron chi connectivity index (χ4n) is 5.12. The van der Waals surface area contributed by atoms with Gasteiger partial charge in [0.1, 0.15) is 5.75 Å². The summed E-state index contributed by atoms with van der Waals surface area (Å²) in [6, 6.07) is 14.5. The molecule has 1 fully saturated rings. The number of rotatable bonds is 9. The van der Waals surface area contributed by atoms with Crippen molar-refractivity contribution in [3.05, 3.63) is 59.4 Å². The van der Waals surface area contributed by atoms with E-state index in [2.05, 4.69) is 37.5 Å². The number of fused-ring (bicyclic) bond motifs is 1. The van der Waals surface area contributed by atoms with Crippen molar-refractivity contribution in [2.24, 2.45) is 0 Å². The number of aryl methyl sites for hydroxylation is 2. The lowest BCUT2D eigenvalue weighted by molar-refractivity contribution is -0.113. The molecule has 8 heteroatoms. The molecule has 1 saturated carbocycles. The predicted molar refractivity (Wildman–Crippen MR) is 140 cm³/mol. The zero-order valence-corrected chi connectivity index (χ0v) is 21.1. The molecule has 3 aromatic rings. The SMILES string of the molecule is COc1cccc(NCc2nnc(SCC(=O)Nc3ccc4c(c3)CCC4)n2C2CCCCC2)c1. The maximum absolute atomic E-state index is 12.7. The molecular weight excluding hydrogens is 458 g/mol. The second kappa shape index (κ2) is 11.2. The van der Waals surface area contributed by atoms with E-state index >= 15 is 0 Å². The number of carbonyl (C=O) groups excluding carboxylic acids is 1. The Hall–Kier alpha value is -3.00. The number of thioether (sulfide) groups is 1. The molecule has 0 radical (unpaired) electrons. The summed E-state index contributed by atoms with van der Waals surface area (Å²) in [6.45, 7) is 0.568. The Bertz CT molecular complexity index is 1170. The summed E-state index contributed by atoms with van der Waals surface area (Å²) >= 11 is 1.47. The van der Waals surface area contributed by atoms with Crippen LogP contribution in [0.25, 0.3) is 0 Å². The number of hydrogen-bond donors (Lipinski definition) is 2. The minimum Gasteiger partial charge on any atom is -0.497 e. The van der Waals surface area contributed by atoms with Crippen LogP contribution in [0.3, 0.4) is 0 Å². The number of benzene rings is 2. The second-order valence-electron chi connectivity index (χ2n) is 9.32. The van der Waals surface area contributed by atoms with Gasteiger partial charge in [-0.05, 0) is 67.5 Å². The minimum atomic E-state index is -0.0119. The van der Waals surface area contributed by atoms with Gasteiger partial charge >= 0.3 is 0 Å². The van der Waals surface area contributed by atoms with Crippen molar-refractivity contribution in [3.8, 4) is 5.75 Å². The van der Waals surface area contributed by atoms with E-state index in [1.807, 2.05) is 30.3 Å². The number of carbonyl (C=O) groups is 1. The molecule has 0 aliphatic heterocycles. The molecule has 5 rings (SSSR count). The first-order valence-electron chi connectivity index (χ1n) is 12.6. The van der Waals surface area contributed by atoms with Crippen molar-refractivity contribution in [2.45, 2.75) is 69.1 Å². The summed E-state index contributed by atoms with van der Waals surface area (Å²) in [5.41, 5.74) is 4.63. The van der Waals surface area contributed by atoms with Gasteiger partial charge in [0.2, 0.25) is 5.91 Å². The van der Waals surface area contributed by atoms with E-state index in [4.69, 9.17) is 4.74 Å². The van der Waals surface area contributed by atoms with E-state index < -0.39 is 0 Å². The summed E-state index contributed by atoms with van der Waals surface area (Å²) in [5, 5.41) is 16.4. The van der Waals surface area contributed by atoms with Crippen LogP contribution in [0.1, 0.15) is 61.5 Å². The van der Waals surface area contributed by atoms with Gasteiger partial charge in [-0.3, -0.25) is 4.79 Å². The van der Waals surface area contributed by atoms with Crippen molar-refractivity contribution in [2.75, 3.05) is 23.5 Å². The predicted octanol–water partition coefficient (Wildman–Crippen LogP) is 5.62. The first kappa shape index (κ1) is 23.7. The molecule has 1 amide bonds. The maximum Gasteiger partial charge on any atom is 0.234 e. The van der Waals surface area contributed by atoms with Crippen molar-refractivity contribution in [1.29, 1.82) is 0 Å². The molecule has 0 bridgehead atoms. The highest BCUT2D eigenvalue weighted by Gasteiger charge is 2.23. The summed E-state index contributed by atoms with van der Waals surface area (Å²) in [4.78, 5) is 12.7. The molecule has 1 aromatic heterocycles. The number of aromatic nitrogens is 3. The molecule has 0 unspecified atom stereocenters.